The number of halogens is 1. The molecule has 1 N–H and O–H groups in total. The summed E-state index contributed by atoms with van der Waals surface area (Å²) in [7, 11) is -1.41. The van der Waals surface area contributed by atoms with Crippen molar-refractivity contribution in [3.05, 3.63) is 24.3 Å². The number of rotatable bonds is 9. The first-order chi connectivity index (χ1) is 13.7. The number of aromatic nitrogens is 3. The van der Waals surface area contributed by atoms with Gasteiger partial charge in [-0.05, 0) is 20.8 Å². The first kappa shape index (κ1) is 26.8. The second kappa shape index (κ2) is 12.6. The van der Waals surface area contributed by atoms with Crippen molar-refractivity contribution < 1.29 is 13.2 Å². The number of sulfonamides is 1. The van der Waals surface area contributed by atoms with Crippen LogP contribution in [0.2, 0.25) is 0 Å². The number of hydrogen-bond acceptors (Lipinski definition) is 6. The highest BCUT2D eigenvalue weighted by atomic mass is 127. The van der Waals surface area contributed by atoms with Gasteiger partial charge < -0.3 is 19.5 Å². The Morgan fingerprint density at radius 3 is 2.50 bits per heavy atom. The van der Waals surface area contributed by atoms with Crippen molar-refractivity contribution in [3.8, 4) is 0 Å². The average Bonchev–Trinajstić information content (AvgIpc) is 3.00. The normalized spacial score (nSPS) is 15.9. The highest BCUT2D eigenvalue weighted by Crippen LogP contribution is 2.10. The first-order valence-electron chi connectivity index (χ1n) is 9.83. The molecule has 30 heavy (non-hydrogen) atoms. The Morgan fingerprint density at radius 2 is 1.97 bits per heavy atom. The Balaban J connectivity index is 0.00000450. The molecule has 12 heteroatoms. The van der Waals surface area contributed by atoms with Gasteiger partial charge in [-0.15, -0.1) is 40.8 Å². The van der Waals surface area contributed by atoms with Gasteiger partial charge in [-0.1, -0.05) is 6.08 Å². The summed E-state index contributed by atoms with van der Waals surface area (Å²) >= 11 is 0. The molecule has 172 valence electrons. The van der Waals surface area contributed by atoms with E-state index in [1.807, 2.05) is 32.4 Å². The quantitative estimate of drug-likeness (QED) is 0.208. The standard InChI is InChI=1S/C18H33N7O3S.HI/c1-6-7-19-18(20-14-17-22-21-16(4)23(17)5)24-8-10-25(11-9-24)29(26,27)13-12-28-15(2)3;/h6,15H,1,7-14H2,2-5H3,(H,19,20);1H. The van der Waals surface area contributed by atoms with Crippen molar-refractivity contribution >= 4 is 40.0 Å². The van der Waals surface area contributed by atoms with Gasteiger partial charge in [0.1, 0.15) is 12.4 Å². The predicted octanol–water partition coefficient (Wildman–Crippen LogP) is 0.746. The third-order valence-corrected chi connectivity index (χ3v) is 6.52. The van der Waals surface area contributed by atoms with Crippen LogP contribution in [0.5, 0.6) is 0 Å². The second-order valence-corrected chi connectivity index (χ2v) is 9.24. The molecular weight excluding hydrogens is 521 g/mol. The van der Waals surface area contributed by atoms with Crippen LogP contribution in [0.15, 0.2) is 17.6 Å². The van der Waals surface area contributed by atoms with Crippen LogP contribution in [-0.2, 0) is 28.4 Å². The van der Waals surface area contributed by atoms with Crippen molar-refractivity contribution in [3.63, 3.8) is 0 Å². The van der Waals surface area contributed by atoms with E-state index in [0.29, 0.717) is 45.2 Å². The van der Waals surface area contributed by atoms with E-state index in [-0.39, 0.29) is 42.4 Å². The third-order valence-electron chi connectivity index (χ3n) is 4.68. The fraction of sp³-hybridized carbons (Fsp3) is 0.722. The Hall–Kier alpha value is -1.25. The number of piperazine rings is 1. The van der Waals surface area contributed by atoms with Gasteiger partial charge in [0.15, 0.2) is 11.8 Å². The lowest BCUT2D eigenvalue weighted by Gasteiger charge is -2.35. The molecule has 0 spiro atoms. The van der Waals surface area contributed by atoms with Crippen LogP contribution < -0.4 is 5.32 Å². The molecule has 1 aliphatic rings. The second-order valence-electron chi connectivity index (χ2n) is 7.15. The maximum Gasteiger partial charge on any atom is 0.216 e. The van der Waals surface area contributed by atoms with Gasteiger partial charge in [-0.2, -0.15) is 4.31 Å². The molecule has 1 aliphatic heterocycles. The number of nitrogens with one attached hydrogen (secondary N) is 1. The minimum Gasteiger partial charge on any atom is -0.378 e. The van der Waals surface area contributed by atoms with Crippen LogP contribution in [0.4, 0.5) is 0 Å². The Labute approximate surface area is 196 Å². The SMILES string of the molecule is C=CCNC(=NCc1nnc(C)n1C)N1CCN(S(=O)(=O)CCOC(C)C)CC1.I. The lowest BCUT2D eigenvalue weighted by atomic mass is 10.4. The lowest BCUT2D eigenvalue weighted by molar-refractivity contribution is 0.0904. The van der Waals surface area contributed by atoms with Crippen molar-refractivity contribution in [1.82, 2.24) is 29.3 Å². The lowest BCUT2D eigenvalue weighted by Crippen LogP contribution is -2.54. The molecule has 2 rings (SSSR count). The topological polar surface area (TPSA) is 105 Å². The number of aliphatic imine (C=N–C) groups is 1. The zero-order chi connectivity index (χ0) is 21.4. The summed E-state index contributed by atoms with van der Waals surface area (Å²) in [5.41, 5.74) is 0. The molecule has 1 aromatic heterocycles. The molecule has 0 radical (unpaired) electrons. The third kappa shape index (κ3) is 7.78. The molecule has 0 aromatic carbocycles. The molecule has 0 amide bonds. The minimum atomic E-state index is -3.32. The number of ether oxygens (including phenoxy) is 1. The summed E-state index contributed by atoms with van der Waals surface area (Å²) in [6, 6.07) is 0. The van der Waals surface area contributed by atoms with E-state index in [1.54, 1.807) is 6.08 Å². The maximum absolute atomic E-state index is 12.5. The number of nitrogens with zero attached hydrogens (tertiary/aromatic N) is 6. The van der Waals surface area contributed by atoms with Gasteiger partial charge in [-0.25, -0.2) is 13.4 Å². The average molecular weight is 555 g/mol. The van der Waals surface area contributed by atoms with Gasteiger partial charge in [0, 0.05) is 39.8 Å². The Morgan fingerprint density at radius 1 is 1.30 bits per heavy atom. The van der Waals surface area contributed by atoms with E-state index in [4.69, 9.17) is 4.74 Å². The molecule has 0 aliphatic carbocycles. The molecule has 0 atom stereocenters. The largest absolute Gasteiger partial charge is 0.378 e. The summed E-state index contributed by atoms with van der Waals surface area (Å²) in [5.74, 6) is 2.32. The van der Waals surface area contributed by atoms with Crippen molar-refractivity contribution in [2.45, 2.75) is 33.4 Å². The summed E-state index contributed by atoms with van der Waals surface area (Å²) in [4.78, 5) is 6.72. The number of hydrogen-bond donors (Lipinski definition) is 1. The summed E-state index contributed by atoms with van der Waals surface area (Å²) in [5, 5.41) is 11.4. The van der Waals surface area contributed by atoms with Crippen molar-refractivity contribution in [1.29, 1.82) is 0 Å². The molecule has 0 bridgehead atoms. The van der Waals surface area contributed by atoms with E-state index in [2.05, 4.69) is 32.0 Å². The van der Waals surface area contributed by atoms with Crippen LogP contribution in [0, 0.1) is 6.92 Å². The molecular formula is C18H34IN7O3S. The van der Waals surface area contributed by atoms with Gasteiger partial charge in [-0.3, -0.25) is 0 Å². The van der Waals surface area contributed by atoms with Crippen LogP contribution in [0.25, 0.3) is 0 Å². The summed E-state index contributed by atoms with van der Waals surface area (Å²) < 4.78 is 33.9. The zero-order valence-electron chi connectivity index (χ0n) is 18.2. The summed E-state index contributed by atoms with van der Waals surface area (Å²) in [6.07, 6.45) is 1.78. The van der Waals surface area contributed by atoms with Gasteiger partial charge in [0.05, 0.1) is 18.5 Å². The Bertz CT molecular complexity index is 803. The molecule has 0 saturated carbocycles. The van der Waals surface area contributed by atoms with Crippen LogP contribution in [0.3, 0.4) is 0 Å². The highest BCUT2D eigenvalue weighted by molar-refractivity contribution is 14.0. The zero-order valence-corrected chi connectivity index (χ0v) is 21.4. The van der Waals surface area contributed by atoms with E-state index in [1.165, 1.54) is 4.31 Å². The predicted molar refractivity (Wildman–Crippen MR) is 129 cm³/mol. The first-order valence-corrected chi connectivity index (χ1v) is 11.4. The van der Waals surface area contributed by atoms with E-state index >= 15 is 0 Å². The van der Waals surface area contributed by atoms with Crippen molar-refractivity contribution in [2.24, 2.45) is 12.0 Å². The fourth-order valence-electron chi connectivity index (χ4n) is 2.86. The van der Waals surface area contributed by atoms with Gasteiger partial charge >= 0.3 is 0 Å². The van der Waals surface area contributed by atoms with E-state index in [9.17, 15) is 8.42 Å². The number of aryl methyl sites for hydroxylation is 1. The Kier molecular flexibility index (Phi) is 11.2. The number of guanidine groups is 1. The smallest absolute Gasteiger partial charge is 0.216 e. The molecule has 2 heterocycles. The van der Waals surface area contributed by atoms with Crippen LogP contribution in [0.1, 0.15) is 25.5 Å². The maximum atomic E-state index is 12.5. The fourth-order valence-corrected chi connectivity index (χ4v) is 4.15. The summed E-state index contributed by atoms with van der Waals surface area (Å²) in [6.45, 7) is 12.5. The molecule has 1 saturated heterocycles. The molecule has 1 aromatic rings. The monoisotopic (exact) mass is 555 g/mol. The molecule has 10 nitrogen and oxygen atoms in total. The van der Waals surface area contributed by atoms with Gasteiger partial charge in [0.25, 0.3) is 0 Å². The van der Waals surface area contributed by atoms with E-state index < -0.39 is 10.0 Å². The molecule has 0 unspecified atom stereocenters. The minimum absolute atomic E-state index is 0. The van der Waals surface area contributed by atoms with Crippen LogP contribution in [-0.4, -0.2) is 89.5 Å². The highest BCUT2D eigenvalue weighted by Gasteiger charge is 2.28. The van der Waals surface area contributed by atoms with Gasteiger partial charge in [0.2, 0.25) is 10.0 Å². The molecule has 1 fully saturated rings. The van der Waals surface area contributed by atoms with Crippen molar-refractivity contribution in [2.75, 3.05) is 45.1 Å². The van der Waals surface area contributed by atoms with Crippen LogP contribution >= 0.6 is 24.0 Å². The van der Waals surface area contributed by atoms with E-state index in [0.717, 1.165) is 11.6 Å².